The largest absolute Gasteiger partial charge is 0.462 e. The Morgan fingerprint density at radius 1 is 1.58 bits per heavy atom. The fraction of sp³-hybridized carbons (Fsp3) is 0.500. The Hall–Kier alpha value is -1.75. The number of benzene rings is 1. The molecule has 1 unspecified atom stereocenters. The summed E-state index contributed by atoms with van der Waals surface area (Å²) in [4.78, 5) is 13.7. The molecule has 0 spiro atoms. The first-order valence-corrected chi connectivity index (χ1v) is 6.61. The highest BCUT2D eigenvalue weighted by atomic mass is 16.5. The molecule has 1 saturated heterocycles. The standard InChI is InChI=1S/C14H20N2O3/c1-2-19-14(18)10-5-6-13(12(15)8-10)16-7-3-4-11(17)9-16/h5-6,8,11,17H,2-4,7,9,15H2,1H3. The van der Waals surface area contributed by atoms with Crippen molar-refractivity contribution in [3.63, 3.8) is 0 Å². The van der Waals surface area contributed by atoms with Crippen LogP contribution in [0.25, 0.3) is 0 Å². The number of ether oxygens (including phenoxy) is 1. The highest BCUT2D eigenvalue weighted by Gasteiger charge is 2.20. The lowest BCUT2D eigenvalue weighted by atomic mass is 10.1. The molecule has 0 saturated carbocycles. The first-order valence-electron chi connectivity index (χ1n) is 6.61. The number of anilines is 2. The number of rotatable bonds is 3. The first kappa shape index (κ1) is 13.7. The molecule has 5 heteroatoms. The summed E-state index contributed by atoms with van der Waals surface area (Å²) in [6, 6.07) is 5.17. The first-order chi connectivity index (χ1) is 9.11. The van der Waals surface area contributed by atoms with Crippen LogP contribution in [0.2, 0.25) is 0 Å². The summed E-state index contributed by atoms with van der Waals surface area (Å²) in [5, 5.41) is 9.69. The van der Waals surface area contributed by atoms with Crippen molar-refractivity contribution in [3.05, 3.63) is 23.8 Å². The number of carbonyl (C=O) groups is 1. The molecule has 2 rings (SSSR count). The summed E-state index contributed by atoms with van der Waals surface area (Å²) in [5.74, 6) is -0.362. The molecule has 0 amide bonds. The van der Waals surface area contributed by atoms with Gasteiger partial charge in [0.25, 0.3) is 0 Å². The zero-order valence-corrected chi connectivity index (χ0v) is 11.1. The third-order valence-electron chi connectivity index (χ3n) is 3.28. The number of hydrogen-bond acceptors (Lipinski definition) is 5. The molecule has 0 aromatic heterocycles. The van der Waals surface area contributed by atoms with E-state index in [9.17, 15) is 9.90 Å². The highest BCUT2D eigenvalue weighted by Crippen LogP contribution is 2.27. The maximum absolute atomic E-state index is 11.6. The van der Waals surface area contributed by atoms with Gasteiger partial charge in [-0.15, -0.1) is 0 Å². The summed E-state index contributed by atoms with van der Waals surface area (Å²) in [5.41, 5.74) is 7.87. The molecule has 1 atom stereocenters. The maximum Gasteiger partial charge on any atom is 0.338 e. The predicted molar refractivity (Wildman–Crippen MR) is 74.3 cm³/mol. The van der Waals surface area contributed by atoms with Crippen molar-refractivity contribution in [2.75, 3.05) is 30.3 Å². The second-order valence-corrected chi connectivity index (χ2v) is 4.74. The SMILES string of the molecule is CCOC(=O)c1ccc(N2CCCC(O)C2)c(N)c1. The molecular formula is C14H20N2O3. The van der Waals surface area contributed by atoms with Crippen LogP contribution in [0.5, 0.6) is 0 Å². The molecule has 1 aliphatic rings. The van der Waals surface area contributed by atoms with Crippen LogP contribution in [-0.4, -0.2) is 36.9 Å². The lowest BCUT2D eigenvalue weighted by Crippen LogP contribution is -2.38. The van der Waals surface area contributed by atoms with E-state index in [0.29, 0.717) is 24.4 Å². The van der Waals surface area contributed by atoms with Gasteiger partial charge in [-0.3, -0.25) is 0 Å². The quantitative estimate of drug-likeness (QED) is 0.637. The third kappa shape index (κ3) is 3.17. The molecule has 0 radical (unpaired) electrons. The molecule has 1 aliphatic heterocycles. The normalized spacial score (nSPS) is 19.3. The van der Waals surface area contributed by atoms with Gasteiger partial charge >= 0.3 is 5.97 Å². The number of nitrogens with zero attached hydrogens (tertiary/aromatic N) is 1. The lowest BCUT2D eigenvalue weighted by molar-refractivity contribution is 0.0526. The van der Waals surface area contributed by atoms with Crippen LogP contribution >= 0.6 is 0 Å². The second kappa shape index (κ2) is 5.93. The van der Waals surface area contributed by atoms with E-state index in [1.807, 2.05) is 6.07 Å². The van der Waals surface area contributed by atoms with E-state index in [4.69, 9.17) is 10.5 Å². The van der Waals surface area contributed by atoms with E-state index >= 15 is 0 Å². The topological polar surface area (TPSA) is 75.8 Å². The molecule has 0 aliphatic carbocycles. The van der Waals surface area contributed by atoms with Crippen LogP contribution in [0.15, 0.2) is 18.2 Å². The van der Waals surface area contributed by atoms with Crippen LogP contribution in [0.4, 0.5) is 11.4 Å². The molecule has 19 heavy (non-hydrogen) atoms. The van der Waals surface area contributed by atoms with Crippen molar-refractivity contribution in [1.82, 2.24) is 0 Å². The van der Waals surface area contributed by atoms with Crippen molar-refractivity contribution in [2.24, 2.45) is 0 Å². The Bertz CT molecular complexity index is 462. The highest BCUT2D eigenvalue weighted by molar-refractivity contribution is 5.92. The van der Waals surface area contributed by atoms with Crippen molar-refractivity contribution < 1.29 is 14.6 Å². The Labute approximate surface area is 113 Å². The Balaban J connectivity index is 2.17. The molecule has 5 nitrogen and oxygen atoms in total. The van der Waals surface area contributed by atoms with E-state index in [0.717, 1.165) is 25.1 Å². The Morgan fingerprint density at radius 3 is 3.00 bits per heavy atom. The fourth-order valence-electron chi connectivity index (χ4n) is 2.36. The van der Waals surface area contributed by atoms with Crippen LogP contribution in [0.3, 0.4) is 0 Å². The van der Waals surface area contributed by atoms with Gasteiger partial charge in [0.2, 0.25) is 0 Å². The number of carbonyl (C=O) groups excluding carboxylic acids is 1. The summed E-state index contributed by atoms with van der Waals surface area (Å²) in [7, 11) is 0. The molecule has 1 fully saturated rings. The maximum atomic E-state index is 11.6. The number of nitrogens with two attached hydrogens (primary N) is 1. The lowest BCUT2D eigenvalue weighted by Gasteiger charge is -2.32. The van der Waals surface area contributed by atoms with Crippen LogP contribution in [0, 0.1) is 0 Å². The van der Waals surface area contributed by atoms with Gasteiger partial charge in [-0.05, 0) is 38.0 Å². The van der Waals surface area contributed by atoms with Gasteiger partial charge in [-0.1, -0.05) is 0 Å². The molecule has 3 N–H and O–H groups in total. The number of esters is 1. The van der Waals surface area contributed by atoms with Crippen molar-refractivity contribution >= 4 is 17.3 Å². The summed E-state index contributed by atoms with van der Waals surface area (Å²) in [6.45, 7) is 3.58. The summed E-state index contributed by atoms with van der Waals surface area (Å²) >= 11 is 0. The monoisotopic (exact) mass is 264 g/mol. The zero-order chi connectivity index (χ0) is 13.8. The minimum atomic E-state index is -0.362. The second-order valence-electron chi connectivity index (χ2n) is 4.74. The predicted octanol–water partition coefficient (Wildman–Crippen LogP) is 1.41. The molecule has 1 aromatic carbocycles. The van der Waals surface area contributed by atoms with E-state index in [1.165, 1.54) is 0 Å². The number of piperidine rings is 1. The van der Waals surface area contributed by atoms with Crippen molar-refractivity contribution in [2.45, 2.75) is 25.9 Å². The Kier molecular flexibility index (Phi) is 4.27. The molecule has 1 aromatic rings. The number of hydrogen-bond donors (Lipinski definition) is 2. The van der Waals surface area contributed by atoms with Crippen LogP contribution in [0.1, 0.15) is 30.1 Å². The molecule has 1 heterocycles. The molecular weight excluding hydrogens is 244 g/mol. The number of nitrogen functional groups attached to an aromatic ring is 1. The van der Waals surface area contributed by atoms with E-state index < -0.39 is 0 Å². The van der Waals surface area contributed by atoms with Crippen LogP contribution in [-0.2, 0) is 4.74 Å². The van der Waals surface area contributed by atoms with E-state index in [-0.39, 0.29) is 12.1 Å². The van der Waals surface area contributed by atoms with Gasteiger partial charge in [0.1, 0.15) is 0 Å². The van der Waals surface area contributed by atoms with Crippen molar-refractivity contribution in [3.8, 4) is 0 Å². The van der Waals surface area contributed by atoms with Gasteiger partial charge in [0.05, 0.1) is 29.6 Å². The van der Waals surface area contributed by atoms with Gasteiger partial charge in [-0.25, -0.2) is 4.79 Å². The molecule has 0 bridgehead atoms. The zero-order valence-electron chi connectivity index (χ0n) is 11.1. The summed E-state index contributed by atoms with van der Waals surface area (Å²) < 4.78 is 4.94. The van der Waals surface area contributed by atoms with Gasteiger partial charge < -0.3 is 20.5 Å². The third-order valence-corrected chi connectivity index (χ3v) is 3.28. The van der Waals surface area contributed by atoms with E-state index in [1.54, 1.807) is 19.1 Å². The van der Waals surface area contributed by atoms with Gasteiger partial charge in [0, 0.05) is 13.1 Å². The van der Waals surface area contributed by atoms with Crippen molar-refractivity contribution in [1.29, 1.82) is 0 Å². The van der Waals surface area contributed by atoms with Gasteiger partial charge in [0.15, 0.2) is 0 Å². The van der Waals surface area contributed by atoms with Crippen LogP contribution < -0.4 is 10.6 Å². The number of aliphatic hydroxyl groups excluding tert-OH is 1. The number of β-amino-alcohol motifs (C(OH)–C–C–N with tert-alkyl or cyclic N) is 1. The van der Waals surface area contributed by atoms with E-state index in [2.05, 4.69) is 4.90 Å². The minimum absolute atomic E-state index is 0.308. The average Bonchev–Trinajstić information content (AvgIpc) is 2.38. The minimum Gasteiger partial charge on any atom is -0.462 e. The Morgan fingerprint density at radius 2 is 2.37 bits per heavy atom. The van der Waals surface area contributed by atoms with Gasteiger partial charge in [-0.2, -0.15) is 0 Å². The summed E-state index contributed by atoms with van der Waals surface area (Å²) in [6.07, 6.45) is 1.47. The average molecular weight is 264 g/mol. The molecule has 104 valence electrons. The smallest absolute Gasteiger partial charge is 0.338 e. The number of aliphatic hydroxyl groups is 1. The fourth-order valence-corrected chi connectivity index (χ4v) is 2.36.